The number of benzene rings is 1. The van der Waals surface area contributed by atoms with Crippen LogP contribution >= 0.6 is 0 Å². The lowest BCUT2D eigenvalue weighted by molar-refractivity contribution is -0.127. The average Bonchev–Trinajstić information content (AvgIpc) is 3.08. The first-order chi connectivity index (χ1) is 14.4. The third kappa shape index (κ3) is 5.00. The monoisotopic (exact) mass is 409 g/mol. The number of carbonyl (C=O) groups excluding carboxylic acids is 2. The number of carbonyl (C=O) groups is 2. The lowest BCUT2D eigenvalue weighted by atomic mass is 9.83. The average molecular weight is 410 g/mol. The van der Waals surface area contributed by atoms with Gasteiger partial charge in [0.05, 0.1) is 12.0 Å². The van der Waals surface area contributed by atoms with Crippen molar-refractivity contribution in [3.8, 4) is 6.07 Å². The van der Waals surface area contributed by atoms with Gasteiger partial charge in [-0.2, -0.15) is 5.26 Å². The minimum atomic E-state index is -0.517. The predicted octanol–water partition coefficient (Wildman–Crippen LogP) is 2.43. The van der Waals surface area contributed by atoms with Crippen LogP contribution in [0.3, 0.4) is 0 Å². The number of nitrogens with one attached hydrogen (secondary N) is 2. The van der Waals surface area contributed by atoms with E-state index < -0.39 is 6.04 Å². The Balaban J connectivity index is 1.69. The molecule has 3 atom stereocenters. The quantitative estimate of drug-likeness (QED) is 0.735. The maximum absolute atomic E-state index is 13.0. The summed E-state index contributed by atoms with van der Waals surface area (Å²) in [5.74, 6) is -0.613. The number of fused-ring (bicyclic) bond motifs is 1. The van der Waals surface area contributed by atoms with Gasteiger partial charge in [0, 0.05) is 30.5 Å². The molecule has 0 spiro atoms. The van der Waals surface area contributed by atoms with Gasteiger partial charge < -0.3 is 20.1 Å². The van der Waals surface area contributed by atoms with E-state index in [9.17, 15) is 14.9 Å². The molecule has 7 heteroatoms. The summed E-state index contributed by atoms with van der Waals surface area (Å²) in [5, 5.41) is 16.4. The third-order valence-electron chi connectivity index (χ3n) is 5.94. The van der Waals surface area contributed by atoms with E-state index in [-0.39, 0.29) is 23.8 Å². The number of aryl methyl sites for hydroxylation is 1. The Labute approximate surface area is 178 Å². The second-order valence-electron chi connectivity index (χ2n) is 8.40. The molecule has 160 valence electrons. The summed E-state index contributed by atoms with van der Waals surface area (Å²) in [6.45, 7) is 0.727. The molecule has 1 saturated carbocycles. The normalized spacial score (nSPS) is 20.0. The van der Waals surface area contributed by atoms with E-state index in [0.29, 0.717) is 12.1 Å². The first kappa shape index (κ1) is 21.8. The molecular formula is C23H31N5O2. The number of aromatic nitrogens is 1. The molecule has 0 bridgehead atoms. The fraction of sp³-hybridized carbons (Fsp3) is 0.522. The Kier molecular flexibility index (Phi) is 7.11. The molecule has 1 aliphatic rings. The molecule has 0 radical (unpaired) electrons. The van der Waals surface area contributed by atoms with Crippen LogP contribution in [0.15, 0.2) is 30.3 Å². The fourth-order valence-electron chi connectivity index (χ4n) is 4.20. The van der Waals surface area contributed by atoms with Crippen molar-refractivity contribution in [3.63, 3.8) is 0 Å². The Morgan fingerprint density at radius 2 is 2.00 bits per heavy atom. The second-order valence-corrected chi connectivity index (χ2v) is 8.40. The van der Waals surface area contributed by atoms with E-state index in [1.165, 1.54) is 0 Å². The zero-order valence-electron chi connectivity index (χ0n) is 18.0. The zero-order valence-corrected chi connectivity index (χ0v) is 18.0. The summed E-state index contributed by atoms with van der Waals surface area (Å²) in [5.41, 5.74) is 1.58. The minimum absolute atomic E-state index is 0.137. The number of amides is 2. The smallest absolute Gasteiger partial charge is 0.268 e. The Morgan fingerprint density at radius 1 is 1.27 bits per heavy atom. The first-order valence-electron chi connectivity index (χ1n) is 10.6. The minimum Gasteiger partial charge on any atom is -0.347 e. The number of para-hydroxylation sites is 1. The van der Waals surface area contributed by atoms with E-state index >= 15 is 0 Å². The van der Waals surface area contributed by atoms with Crippen molar-refractivity contribution < 1.29 is 9.59 Å². The lowest BCUT2D eigenvalue weighted by Gasteiger charge is -2.32. The molecule has 2 amide bonds. The van der Waals surface area contributed by atoms with Gasteiger partial charge in [0.2, 0.25) is 5.91 Å². The molecular weight excluding hydrogens is 378 g/mol. The fourth-order valence-corrected chi connectivity index (χ4v) is 4.20. The van der Waals surface area contributed by atoms with E-state index in [1.54, 1.807) is 0 Å². The summed E-state index contributed by atoms with van der Waals surface area (Å²) in [7, 11) is 5.76. The van der Waals surface area contributed by atoms with Crippen LogP contribution in [0, 0.1) is 17.2 Å². The summed E-state index contributed by atoms with van der Waals surface area (Å²) in [4.78, 5) is 27.9. The van der Waals surface area contributed by atoms with Crippen LogP contribution in [0.4, 0.5) is 0 Å². The molecule has 0 aliphatic heterocycles. The lowest BCUT2D eigenvalue weighted by Crippen LogP contribution is -2.50. The van der Waals surface area contributed by atoms with Crippen LogP contribution in [0.1, 0.15) is 42.6 Å². The van der Waals surface area contributed by atoms with Gasteiger partial charge in [0.25, 0.3) is 5.91 Å². The number of nitriles is 1. The van der Waals surface area contributed by atoms with E-state index in [0.717, 1.165) is 43.1 Å². The van der Waals surface area contributed by atoms with Gasteiger partial charge in [0.1, 0.15) is 11.7 Å². The van der Waals surface area contributed by atoms with Gasteiger partial charge in [-0.15, -0.1) is 0 Å². The van der Waals surface area contributed by atoms with Gasteiger partial charge in [-0.1, -0.05) is 31.0 Å². The van der Waals surface area contributed by atoms with Crippen molar-refractivity contribution in [2.24, 2.45) is 13.0 Å². The van der Waals surface area contributed by atoms with Crippen LogP contribution in [0.25, 0.3) is 10.9 Å². The van der Waals surface area contributed by atoms with Crippen LogP contribution in [-0.4, -0.2) is 54.0 Å². The summed E-state index contributed by atoms with van der Waals surface area (Å²) < 4.78 is 1.88. The second kappa shape index (κ2) is 9.77. The van der Waals surface area contributed by atoms with Crippen LogP contribution in [0.5, 0.6) is 0 Å². The molecule has 1 aliphatic carbocycles. The standard InChI is InChI=1S/C23H31N5O2/c1-27(2)13-12-17(15-24)25-22(29)18-9-5-6-10-19(18)26-23(30)21-14-16-8-4-7-11-20(16)28(21)3/h4,7-8,11,14,17-19H,5-6,9-10,12-13H2,1-3H3,(H,25,29)(H,26,30)/t17-,18+,19-/m0/s1. The van der Waals surface area contributed by atoms with E-state index in [1.807, 2.05) is 60.9 Å². The molecule has 2 aromatic rings. The number of rotatable bonds is 7. The van der Waals surface area contributed by atoms with Crippen molar-refractivity contribution in [1.82, 2.24) is 20.1 Å². The topological polar surface area (TPSA) is 90.2 Å². The SMILES string of the molecule is CN(C)CC[C@@H](C#N)NC(=O)[C@@H]1CCCC[C@@H]1NC(=O)c1cc2ccccc2n1C. The maximum atomic E-state index is 13.0. The van der Waals surface area contributed by atoms with Crippen molar-refractivity contribution in [2.45, 2.75) is 44.2 Å². The van der Waals surface area contributed by atoms with Crippen molar-refractivity contribution in [1.29, 1.82) is 5.26 Å². The highest BCUT2D eigenvalue weighted by Gasteiger charge is 2.33. The number of nitrogens with zero attached hydrogens (tertiary/aromatic N) is 3. The van der Waals surface area contributed by atoms with Crippen LogP contribution in [-0.2, 0) is 11.8 Å². The Bertz CT molecular complexity index is 943. The highest BCUT2D eigenvalue weighted by atomic mass is 16.2. The summed E-state index contributed by atoms with van der Waals surface area (Å²) >= 11 is 0. The van der Waals surface area contributed by atoms with Crippen molar-refractivity contribution in [3.05, 3.63) is 36.0 Å². The van der Waals surface area contributed by atoms with E-state index in [2.05, 4.69) is 16.7 Å². The molecule has 0 saturated heterocycles. The maximum Gasteiger partial charge on any atom is 0.268 e. The molecule has 3 rings (SSSR count). The molecule has 1 aromatic heterocycles. The van der Waals surface area contributed by atoms with Crippen molar-refractivity contribution in [2.75, 3.05) is 20.6 Å². The molecule has 0 unspecified atom stereocenters. The zero-order chi connectivity index (χ0) is 21.7. The number of hydrogen-bond acceptors (Lipinski definition) is 4. The van der Waals surface area contributed by atoms with Gasteiger partial charge >= 0.3 is 0 Å². The van der Waals surface area contributed by atoms with Crippen LogP contribution < -0.4 is 10.6 Å². The van der Waals surface area contributed by atoms with Gasteiger partial charge in [-0.05, 0) is 45.5 Å². The van der Waals surface area contributed by atoms with Gasteiger partial charge in [-0.25, -0.2) is 0 Å². The molecule has 1 heterocycles. The number of hydrogen-bond donors (Lipinski definition) is 2. The van der Waals surface area contributed by atoms with Gasteiger partial charge in [-0.3, -0.25) is 9.59 Å². The Hall–Kier alpha value is -2.85. The third-order valence-corrected chi connectivity index (χ3v) is 5.94. The largest absolute Gasteiger partial charge is 0.347 e. The first-order valence-corrected chi connectivity index (χ1v) is 10.6. The Morgan fingerprint density at radius 3 is 2.70 bits per heavy atom. The van der Waals surface area contributed by atoms with E-state index in [4.69, 9.17) is 0 Å². The summed E-state index contributed by atoms with van der Waals surface area (Å²) in [6, 6.07) is 11.2. The van der Waals surface area contributed by atoms with Gasteiger partial charge in [0.15, 0.2) is 0 Å². The highest BCUT2D eigenvalue weighted by Crippen LogP contribution is 2.26. The van der Waals surface area contributed by atoms with Crippen molar-refractivity contribution >= 4 is 22.7 Å². The summed E-state index contributed by atoms with van der Waals surface area (Å²) in [6.07, 6.45) is 3.99. The highest BCUT2D eigenvalue weighted by molar-refractivity contribution is 5.99. The predicted molar refractivity (Wildman–Crippen MR) is 117 cm³/mol. The van der Waals surface area contributed by atoms with Crippen LogP contribution in [0.2, 0.25) is 0 Å². The molecule has 30 heavy (non-hydrogen) atoms. The molecule has 1 fully saturated rings. The molecule has 7 nitrogen and oxygen atoms in total. The molecule has 1 aromatic carbocycles. The molecule has 2 N–H and O–H groups in total.